The zero-order valence-corrected chi connectivity index (χ0v) is 11.4. The van der Waals surface area contributed by atoms with Crippen molar-refractivity contribution in [2.75, 3.05) is 11.9 Å². The molecular formula is C12H17BrN2O. The lowest BCUT2D eigenvalue weighted by atomic mass is 9.97. The second kappa shape index (κ2) is 5.34. The van der Waals surface area contributed by atoms with Crippen molar-refractivity contribution in [3.63, 3.8) is 0 Å². The van der Waals surface area contributed by atoms with Crippen LogP contribution in [-0.2, 0) is 0 Å². The highest BCUT2D eigenvalue weighted by atomic mass is 79.9. The van der Waals surface area contributed by atoms with Crippen molar-refractivity contribution < 1.29 is 4.79 Å². The molecule has 88 valence electrons. The number of carbonyl (C=O) groups excluding carboxylic acids is 1. The Morgan fingerprint density at radius 1 is 1.38 bits per heavy atom. The van der Waals surface area contributed by atoms with Crippen molar-refractivity contribution in [3.8, 4) is 0 Å². The van der Waals surface area contributed by atoms with E-state index in [1.807, 2.05) is 24.3 Å². The summed E-state index contributed by atoms with van der Waals surface area (Å²) in [5, 5.41) is 5.60. The average Bonchev–Trinajstić information content (AvgIpc) is 2.14. The van der Waals surface area contributed by atoms with E-state index in [0.29, 0.717) is 6.54 Å². The predicted octanol–water partition coefficient (Wildman–Crippen LogP) is 3.62. The zero-order chi connectivity index (χ0) is 12.2. The van der Waals surface area contributed by atoms with Crippen LogP contribution in [0.2, 0.25) is 0 Å². The number of halogens is 1. The molecule has 0 spiro atoms. The maximum absolute atomic E-state index is 11.5. The molecule has 1 aromatic rings. The van der Waals surface area contributed by atoms with Gasteiger partial charge in [-0.1, -0.05) is 42.8 Å². The van der Waals surface area contributed by atoms with Gasteiger partial charge in [0.25, 0.3) is 0 Å². The highest BCUT2D eigenvalue weighted by molar-refractivity contribution is 9.10. The smallest absolute Gasteiger partial charge is 0.319 e. The second-order valence-corrected chi connectivity index (χ2v) is 5.79. The molecule has 0 aromatic heterocycles. The number of rotatable bonds is 2. The fraction of sp³-hybridized carbons (Fsp3) is 0.417. The minimum absolute atomic E-state index is 0.0919. The van der Waals surface area contributed by atoms with Crippen molar-refractivity contribution >= 4 is 27.6 Å². The first-order chi connectivity index (χ1) is 7.37. The van der Waals surface area contributed by atoms with Crippen LogP contribution >= 0.6 is 15.9 Å². The first-order valence-electron chi connectivity index (χ1n) is 5.17. The summed E-state index contributed by atoms with van der Waals surface area (Å²) in [4.78, 5) is 11.5. The maximum atomic E-state index is 11.5. The van der Waals surface area contributed by atoms with Gasteiger partial charge in [-0.05, 0) is 23.6 Å². The SMILES string of the molecule is CC(C)(C)CNC(=O)Nc1cccc(Br)c1. The van der Waals surface area contributed by atoms with Gasteiger partial charge in [-0.3, -0.25) is 0 Å². The molecule has 4 heteroatoms. The largest absolute Gasteiger partial charge is 0.337 e. The standard InChI is InChI=1S/C12H17BrN2O/c1-12(2,3)8-14-11(16)15-10-6-4-5-9(13)7-10/h4-7H,8H2,1-3H3,(H2,14,15,16). The molecule has 0 saturated heterocycles. The first kappa shape index (κ1) is 13.0. The van der Waals surface area contributed by atoms with Crippen molar-refractivity contribution in [1.82, 2.24) is 5.32 Å². The summed E-state index contributed by atoms with van der Waals surface area (Å²) in [6.45, 7) is 6.87. The van der Waals surface area contributed by atoms with E-state index in [-0.39, 0.29) is 11.4 Å². The Balaban J connectivity index is 2.46. The van der Waals surface area contributed by atoms with Gasteiger partial charge in [-0.15, -0.1) is 0 Å². The third-order valence-electron chi connectivity index (χ3n) is 1.86. The van der Waals surface area contributed by atoms with Gasteiger partial charge >= 0.3 is 6.03 Å². The molecule has 0 saturated carbocycles. The molecule has 2 N–H and O–H groups in total. The van der Waals surface area contributed by atoms with Gasteiger partial charge in [0.15, 0.2) is 0 Å². The number of amides is 2. The third kappa shape index (κ3) is 5.16. The molecule has 0 unspecified atom stereocenters. The molecule has 1 aromatic carbocycles. The summed E-state index contributed by atoms with van der Waals surface area (Å²) in [6.07, 6.45) is 0. The van der Waals surface area contributed by atoms with E-state index in [1.165, 1.54) is 0 Å². The molecule has 0 aliphatic heterocycles. The molecule has 0 atom stereocenters. The number of carbonyl (C=O) groups is 1. The van der Waals surface area contributed by atoms with Crippen LogP contribution < -0.4 is 10.6 Å². The highest BCUT2D eigenvalue weighted by Crippen LogP contribution is 2.15. The Morgan fingerprint density at radius 2 is 2.06 bits per heavy atom. The van der Waals surface area contributed by atoms with Crippen LogP contribution in [0, 0.1) is 5.41 Å². The normalized spacial score (nSPS) is 11.0. The molecule has 0 fully saturated rings. The fourth-order valence-electron chi connectivity index (χ4n) is 1.09. The summed E-state index contributed by atoms with van der Waals surface area (Å²) in [6, 6.07) is 7.33. The molecule has 1 rings (SSSR count). The van der Waals surface area contributed by atoms with E-state index < -0.39 is 0 Å². The Hall–Kier alpha value is -1.03. The van der Waals surface area contributed by atoms with Crippen molar-refractivity contribution in [1.29, 1.82) is 0 Å². The summed E-state index contributed by atoms with van der Waals surface area (Å²) >= 11 is 3.35. The Labute approximate surface area is 105 Å². The van der Waals surface area contributed by atoms with Crippen LogP contribution in [-0.4, -0.2) is 12.6 Å². The molecule has 0 aliphatic rings. The number of anilines is 1. The fourth-order valence-corrected chi connectivity index (χ4v) is 1.49. The van der Waals surface area contributed by atoms with Crippen LogP contribution in [0.25, 0.3) is 0 Å². The van der Waals surface area contributed by atoms with Crippen LogP contribution in [0.3, 0.4) is 0 Å². The summed E-state index contributed by atoms with van der Waals surface area (Å²) < 4.78 is 0.945. The van der Waals surface area contributed by atoms with Crippen LogP contribution in [0.5, 0.6) is 0 Å². The second-order valence-electron chi connectivity index (χ2n) is 4.88. The molecule has 0 radical (unpaired) electrons. The van der Waals surface area contributed by atoms with Crippen molar-refractivity contribution in [2.24, 2.45) is 5.41 Å². The lowest BCUT2D eigenvalue weighted by molar-refractivity contribution is 0.247. The minimum atomic E-state index is -0.173. The quantitative estimate of drug-likeness (QED) is 0.856. The first-order valence-corrected chi connectivity index (χ1v) is 5.96. The topological polar surface area (TPSA) is 41.1 Å². The van der Waals surface area contributed by atoms with E-state index in [1.54, 1.807) is 0 Å². The molecule has 16 heavy (non-hydrogen) atoms. The lowest BCUT2D eigenvalue weighted by Gasteiger charge is -2.18. The van der Waals surface area contributed by atoms with E-state index in [2.05, 4.69) is 47.3 Å². The predicted molar refractivity (Wildman–Crippen MR) is 70.6 cm³/mol. The van der Waals surface area contributed by atoms with Crippen molar-refractivity contribution in [3.05, 3.63) is 28.7 Å². The number of hydrogen-bond donors (Lipinski definition) is 2. The molecule has 2 amide bonds. The zero-order valence-electron chi connectivity index (χ0n) is 9.80. The van der Waals surface area contributed by atoms with Crippen LogP contribution in [0.15, 0.2) is 28.7 Å². The molecular weight excluding hydrogens is 268 g/mol. The van der Waals surface area contributed by atoms with Gasteiger partial charge in [-0.25, -0.2) is 4.79 Å². The number of hydrogen-bond acceptors (Lipinski definition) is 1. The summed E-state index contributed by atoms with van der Waals surface area (Å²) in [7, 11) is 0. The summed E-state index contributed by atoms with van der Waals surface area (Å²) in [5.41, 5.74) is 0.870. The van der Waals surface area contributed by atoms with Gasteiger partial charge in [0.05, 0.1) is 0 Å². The monoisotopic (exact) mass is 284 g/mol. The Kier molecular flexibility index (Phi) is 4.35. The average molecular weight is 285 g/mol. The molecule has 0 bridgehead atoms. The maximum Gasteiger partial charge on any atom is 0.319 e. The number of benzene rings is 1. The minimum Gasteiger partial charge on any atom is -0.337 e. The van der Waals surface area contributed by atoms with Gasteiger partial charge < -0.3 is 10.6 Å². The highest BCUT2D eigenvalue weighted by Gasteiger charge is 2.11. The third-order valence-corrected chi connectivity index (χ3v) is 2.36. The van der Waals surface area contributed by atoms with E-state index in [4.69, 9.17) is 0 Å². The Morgan fingerprint density at radius 3 is 2.62 bits per heavy atom. The Bertz CT molecular complexity index is 372. The lowest BCUT2D eigenvalue weighted by Crippen LogP contribution is -2.35. The van der Waals surface area contributed by atoms with Gasteiger partial charge in [0, 0.05) is 16.7 Å². The van der Waals surface area contributed by atoms with Gasteiger partial charge in [0.2, 0.25) is 0 Å². The number of urea groups is 1. The molecule has 0 heterocycles. The van der Waals surface area contributed by atoms with E-state index in [0.717, 1.165) is 10.2 Å². The molecule has 0 aliphatic carbocycles. The van der Waals surface area contributed by atoms with Crippen LogP contribution in [0.1, 0.15) is 20.8 Å². The van der Waals surface area contributed by atoms with Gasteiger partial charge in [0.1, 0.15) is 0 Å². The number of nitrogens with one attached hydrogen (secondary N) is 2. The van der Waals surface area contributed by atoms with Crippen molar-refractivity contribution in [2.45, 2.75) is 20.8 Å². The van der Waals surface area contributed by atoms with Crippen LogP contribution in [0.4, 0.5) is 10.5 Å². The summed E-state index contributed by atoms with van der Waals surface area (Å²) in [5.74, 6) is 0. The van der Waals surface area contributed by atoms with E-state index in [9.17, 15) is 4.79 Å². The van der Waals surface area contributed by atoms with Gasteiger partial charge in [-0.2, -0.15) is 0 Å². The molecule has 3 nitrogen and oxygen atoms in total. The van der Waals surface area contributed by atoms with E-state index >= 15 is 0 Å².